The van der Waals surface area contributed by atoms with Crippen molar-refractivity contribution in [2.75, 3.05) is 6.61 Å². The summed E-state index contributed by atoms with van der Waals surface area (Å²) in [6.45, 7) is 5.79. The maximum absolute atomic E-state index is 14.4. The van der Waals surface area contributed by atoms with Gasteiger partial charge in [0.2, 0.25) is 5.96 Å². The first-order valence-electron chi connectivity index (χ1n) is 7.71. The number of aromatic amines is 1. The van der Waals surface area contributed by atoms with E-state index >= 15 is 0 Å². The predicted octanol–water partition coefficient (Wildman–Crippen LogP) is 3.26. The van der Waals surface area contributed by atoms with Crippen molar-refractivity contribution in [2.45, 2.75) is 45.6 Å². The lowest BCUT2D eigenvalue weighted by Crippen LogP contribution is -2.17. The quantitative estimate of drug-likeness (QED) is 0.287. The average Bonchev–Trinajstić information content (AvgIpc) is 3.14. The van der Waals surface area contributed by atoms with Crippen molar-refractivity contribution < 1.29 is 13.9 Å². The Morgan fingerprint density at radius 1 is 1.58 bits per heavy atom. The van der Waals surface area contributed by atoms with Gasteiger partial charge in [-0.1, -0.05) is 13.8 Å². The van der Waals surface area contributed by atoms with Gasteiger partial charge in [-0.25, -0.2) is 9.37 Å². The number of alkyl halides is 1. The Morgan fingerprint density at radius 3 is 2.92 bits per heavy atom. The molecular weight excluding hydrogens is 317 g/mol. The van der Waals surface area contributed by atoms with Crippen LogP contribution in [0.3, 0.4) is 0 Å². The third-order valence-corrected chi connectivity index (χ3v) is 3.83. The standard InChI is InChI=1S/C14H20FN7O2/c1-4-9-7(3)10(15)11(24-9)8-6-18-12(19-8)13(23-5-2)20-14(16)21-22-17/h6-7,9-11,16H,4-5H2,1-3H3,(H,18,19)/t7-,9-,10-,11+/m1/s1. The lowest BCUT2D eigenvalue weighted by molar-refractivity contribution is 0.0208. The van der Waals surface area contributed by atoms with Crippen LogP contribution in [0.15, 0.2) is 16.3 Å². The van der Waals surface area contributed by atoms with Crippen LogP contribution in [0, 0.1) is 11.3 Å². The van der Waals surface area contributed by atoms with E-state index in [1.54, 1.807) is 6.92 Å². The summed E-state index contributed by atoms with van der Waals surface area (Å²) in [6, 6.07) is 0. The molecule has 1 aliphatic rings. The molecule has 1 aromatic rings. The van der Waals surface area contributed by atoms with Crippen molar-refractivity contribution in [1.29, 1.82) is 5.41 Å². The molecule has 24 heavy (non-hydrogen) atoms. The largest absolute Gasteiger partial charge is 0.475 e. The second kappa shape index (κ2) is 7.89. The number of nitrogens with zero attached hydrogens (tertiary/aromatic N) is 5. The Hall–Kier alpha value is -2.45. The second-order valence-corrected chi connectivity index (χ2v) is 5.36. The number of guanidine groups is 1. The maximum atomic E-state index is 14.4. The van der Waals surface area contributed by atoms with Gasteiger partial charge in [0.1, 0.15) is 12.3 Å². The highest BCUT2D eigenvalue weighted by atomic mass is 19.1. The highest BCUT2D eigenvalue weighted by molar-refractivity contribution is 5.99. The topological polar surface area (TPSA) is 132 Å². The Labute approximate surface area is 138 Å². The highest BCUT2D eigenvalue weighted by Crippen LogP contribution is 2.39. The fourth-order valence-electron chi connectivity index (χ4n) is 2.62. The van der Waals surface area contributed by atoms with Crippen molar-refractivity contribution in [3.05, 3.63) is 28.2 Å². The van der Waals surface area contributed by atoms with E-state index < -0.39 is 18.2 Å². The number of imidazole rings is 1. The molecule has 0 aliphatic carbocycles. The molecule has 2 N–H and O–H groups in total. The van der Waals surface area contributed by atoms with E-state index in [1.807, 2.05) is 13.8 Å². The molecular formula is C14H20FN7O2. The molecule has 4 atom stereocenters. The number of ether oxygens (including phenoxy) is 2. The molecule has 1 aliphatic heterocycles. The molecule has 0 spiro atoms. The smallest absolute Gasteiger partial charge is 0.259 e. The highest BCUT2D eigenvalue weighted by Gasteiger charge is 2.43. The number of hydrogen-bond acceptors (Lipinski definition) is 4. The summed E-state index contributed by atoms with van der Waals surface area (Å²) >= 11 is 0. The van der Waals surface area contributed by atoms with Gasteiger partial charge in [-0.15, -0.1) is 0 Å². The summed E-state index contributed by atoms with van der Waals surface area (Å²) in [5.74, 6) is -0.549. The van der Waals surface area contributed by atoms with E-state index in [4.69, 9.17) is 20.4 Å². The molecule has 0 amide bonds. The summed E-state index contributed by atoms with van der Waals surface area (Å²) < 4.78 is 25.5. The first kappa shape index (κ1) is 17.9. The van der Waals surface area contributed by atoms with Crippen molar-refractivity contribution in [2.24, 2.45) is 16.0 Å². The van der Waals surface area contributed by atoms with Crippen LogP contribution < -0.4 is 0 Å². The molecule has 10 heteroatoms. The Balaban J connectivity index is 2.25. The third-order valence-electron chi connectivity index (χ3n) is 3.83. The third kappa shape index (κ3) is 3.72. The Bertz CT molecular complexity index is 668. The van der Waals surface area contributed by atoms with E-state index in [0.717, 1.165) is 6.42 Å². The van der Waals surface area contributed by atoms with Crippen molar-refractivity contribution in [3.63, 3.8) is 0 Å². The number of azide groups is 1. The lowest BCUT2D eigenvalue weighted by atomic mass is 9.97. The maximum Gasteiger partial charge on any atom is 0.259 e. The number of aromatic nitrogens is 2. The first-order chi connectivity index (χ1) is 11.5. The minimum atomic E-state index is -1.14. The molecule has 130 valence electrons. The minimum Gasteiger partial charge on any atom is -0.475 e. The first-order valence-corrected chi connectivity index (χ1v) is 7.71. The number of halogens is 1. The van der Waals surface area contributed by atoms with Gasteiger partial charge in [0.05, 0.1) is 24.6 Å². The van der Waals surface area contributed by atoms with E-state index in [-0.39, 0.29) is 30.4 Å². The van der Waals surface area contributed by atoms with Crippen LogP contribution in [0.25, 0.3) is 10.4 Å². The number of nitrogens with one attached hydrogen (secondary N) is 2. The van der Waals surface area contributed by atoms with E-state index in [1.165, 1.54) is 6.20 Å². The van der Waals surface area contributed by atoms with E-state index in [0.29, 0.717) is 5.69 Å². The van der Waals surface area contributed by atoms with Crippen molar-refractivity contribution in [1.82, 2.24) is 9.97 Å². The van der Waals surface area contributed by atoms with Crippen LogP contribution in [0.2, 0.25) is 0 Å². The van der Waals surface area contributed by atoms with Gasteiger partial charge < -0.3 is 14.5 Å². The fraction of sp³-hybridized carbons (Fsp3) is 0.643. The summed E-state index contributed by atoms with van der Waals surface area (Å²) in [5.41, 5.74) is 8.80. The van der Waals surface area contributed by atoms with Crippen LogP contribution in [0.1, 0.15) is 44.8 Å². The van der Waals surface area contributed by atoms with Gasteiger partial charge in [0.15, 0.2) is 5.82 Å². The number of hydrogen-bond donors (Lipinski definition) is 2. The predicted molar refractivity (Wildman–Crippen MR) is 85.6 cm³/mol. The molecule has 0 aromatic carbocycles. The molecule has 0 saturated carbocycles. The summed E-state index contributed by atoms with van der Waals surface area (Å²) in [5, 5.41) is 10.5. The van der Waals surface area contributed by atoms with Gasteiger partial charge in [-0.2, -0.15) is 4.99 Å². The van der Waals surface area contributed by atoms with E-state index in [9.17, 15) is 4.39 Å². The molecule has 9 nitrogen and oxygen atoms in total. The van der Waals surface area contributed by atoms with Gasteiger partial charge in [-0.3, -0.25) is 5.41 Å². The number of H-pyrrole nitrogens is 1. The molecule has 2 rings (SSSR count). The fourth-order valence-corrected chi connectivity index (χ4v) is 2.62. The molecule has 1 aromatic heterocycles. The van der Waals surface area contributed by atoms with Crippen LogP contribution in [-0.4, -0.2) is 40.7 Å². The molecule has 1 fully saturated rings. The second-order valence-electron chi connectivity index (χ2n) is 5.36. The van der Waals surface area contributed by atoms with Crippen LogP contribution >= 0.6 is 0 Å². The molecule has 0 bridgehead atoms. The number of aliphatic imine (C=N–C) groups is 1. The Morgan fingerprint density at radius 2 is 2.33 bits per heavy atom. The summed E-state index contributed by atoms with van der Waals surface area (Å²) in [6.07, 6.45) is 0.176. The zero-order valence-corrected chi connectivity index (χ0v) is 13.7. The molecule has 0 radical (unpaired) electrons. The average molecular weight is 337 g/mol. The van der Waals surface area contributed by atoms with Crippen LogP contribution in [0.5, 0.6) is 0 Å². The SMILES string of the molecule is CCOC(=NC(=N)N=[N+]=[N-])c1ncc([C@@H]2O[C@H](CC)[C@@H](C)[C@H]2F)[nH]1. The summed E-state index contributed by atoms with van der Waals surface area (Å²) in [7, 11) is 0. The zero-order chi connectivity index (χ0) is 17.7. The van der Waals surface area contributed by atoms with Crippen molar-refractivity contribution in [3.8, 4) is 0 Å². The van der Waals surface area contributed by atoms with Crippen molar-refractivity contribution >= 4 is 11.9 Å². The monoisotopic (exact) mass is 337 g/mol. The summed E-state index contributed by atoms with van der Waals surface area (Å²) in [4.78, 5) is 13.3. The van der Waals surface area contributed by atoms with Gasteiger partial charge in [0, 0.05) is 10.8 Å². The lowest BCUT2D eigenvalue weighted by Gasteiger charge is -2.11. The molecule has 2 heterocycles. The zero-order valence-electron chi connectivity index (χ0n) is 13.7. The van der Waals surface area contributed by atoms with Crippen LogP contribution in [0.4, 0.5) is 4.39 Å². The van der Waals surface area contributed by atoms with Gasteiger partial charge in [-0.05, 0) is 24.0 Å². The Kier molecular flexibility index (Phi) is 5.88. The van der Waals surface area contributed by atoms with E-state index in [2.05, 4.69) is 25.0 Å². The minimum absolute atomic E-state index is 0.00496. The molecule has 0 unspecified atom stereocenters. The number of rotatable bonds is 4. The molecule has 1 saturated heterocycles. The van der Waals surface area contributed by atoms with Gasteiger partial charge >= 0.3 is 0 Å². The van der Waals surface area contributed by atoms with Crippen LogP contribution in [-0.2, 0) is 9.47 Å². The normalized spacial score (nSPS) is 26.9. The van der Waals surface area contributed by atoms with Gasteiger partial charge in [0.25, 0.3) is 5.90 Å².